The standard InChI is InChI=1S/C12H8F3NO2S/c1-16-10(17)9(19-11(16)18)6-7-2-4-8(5-3-7)12(13,14)15/h2-6H,1H3/b9-6-. The van der Waals surface area contributed by atoms with E-state index in [2.05, 4.69) is 0 Å². The summed E-state index contributed by atoms with van der Waals surface area (Å²) in [5.74, 6) is -0.449. The predicted molar refractivity (Wildman–Crippen MR) is 65.2 cm³/mol. The number of benzene rings is 1. The topological polar surface area (TPSA) is 37.4 Å². The maximum absolute atomic E-state index is 12.4. The number of carbonyl (C=O) groups is 2. The molecular formula is C12H8F3NO2S. The van der Waals surface area contributed by atoms with Crippen molar-refractivity contribution < 1.29 is 22.8 Å². The average Bonchev–Trinajstić information content (AvgIpc) is 2.57. The SMILES string of the molecule is CN1C(=O)S/C(=C\c2ccc(C(F)(F)F)cc2)C1=O. The van der Waals surface area contributed by atoms with Gasteiger partial charge in [-0.2, -0.15) is 13.2 Å². The maximum atomic E-state index is 12.4. The van der Waals surface area contributed by atoms with Crippen molar-refractivity contribution in [3.8, 4) is 0 Å². The molecule has 2 amide bonds. The Bertz CT molecular complexity index is 563. The van der Waals surface area contributed by atoms with Gasteiger partial charge in [-0.1, -0.05) is 12.1 Å². The van der Waals surface area contributed by atoms with Crippen LogP contribution >= 0.6 is 11.8 Å². The number of hydrogen-bond donors (Lipinski definition) is 0. The lowest BCUT2D eigenvalue weighted by Gasteiger charge is -2.06. The summed E-state index contributed by atoms with van der Waals surface area (Å²) in [6.45, 7) is 0. The lowest BCUT2D eigenvalue weighted by molar-refractivity contribution is -0.137. The number of imide groups is 1. The summed E-state index contributed by atoms with van der Waals surface area (Å²) in [5, 5.41) is -0.400. The Morgan fingerprint density at radius 2 is 1.74 bits per heavy atom. The van der Waals surface area contributed by atoms with Gasteiger partial charge in [0.25, 0.3) is 11.1 Å². The molecule has 19 heavy (non-hydrogen) atoms. The zero-order valence-electron chi connectivity index (χ0n) is 9.69. The van der Waals surface area contributed by atoms with Crippen molar-refractivity contribution in [3.05, 3.63) is 40.3 Å². The minimum absolute atomic E-state index is 0.201. The molecular weight excluding hydrogens is 279 g/mol. The summed E-state index contributed by atoms with van der Waals surface area (Å²) < 4.78 is 37.1. The Hall–Kier alpha value is -1.76. The highest BCUT2D eigenvalue weighted by molar-refractivity contribution is 8.18. The Labute approximate surface area is 111 Å². The van der Waals surface area contributed by atoms with Crippen molar-refractivity contribution >= 4 is 29.0 Å². The second-order valence-corrected chi connectivity index (χ2v) is 4.85. The summed E-state index contributed by atoms with van der Waals surface area (Å²) in [7, 11) is 1.35. The van der Waals surface area contributed by atoms with Gasteiger partial charge in [0.1, 0.15) is 0 Å². The molecule has 0 atom stereocenters. The van der Waals surface area contributed by atoms with Crippen molar-refractivity contribution in [2.75, 3.05) is 7.05 Å². The molecule has 0 saturated carbocycles. The third-order valence-corrected chi connectivity index (χ3v) is 3.48. The van der Waals surface area contributed by atoms with Crippen molar-refractivity contribution in [2.45, 2.75) is 6.18 Å². The summed E-state index contributed by atoms with van der Waals surface area (Å²) >= 11 is 0.763. The van der Waals surface area contributed by atoms with Gasteiger partial charge in [-0.3, -0.25) is 14.5 Å². The number of rotatable bonds is 1. The number of carbonyl (C=O) groups excluding carboxylic acids is 2. The van der Waals surface area contributed by atoms with E-state index in [1.54, 1.807) is 0 Å². The van der Waals surface area contributed by atoms with E-state index in [9.17, 15) is 22.8 Å². The predicted octanol–water partition coefficient (Wildman–Crippen LogP) is 3.37. The monoisotopic (exact) mass is 287 g/mol. The largest absolute Gasteiger partial charge is 0.416 e. The second kappa shape index (κ2) is 4.73. The van der Waals surface area contributed by atoms with Gasteiger partial charge in [-0.25, -0.2) is 0 Å². The van der Waals surface area contributed by atoms with Crippen molar-refractivity contribution in [3.63, 3.8) is 0 Å². The van der Waals surface area contributed by atoms with Crippen LogP contribution in [0.15, 0.2) is 29.2 Å². The molecule has 0 bridgehead atoms. The Morgan fingerprint density at radius 1 is 1.16 bits per heavy atom. The molecule has 0 aliphatic carbocycles. The van der Waals surface area contributed by atoms with Crippen LogP contribution in [0.5, 0.6) is 0 Å². The molecule has 1 heterocycles. The molecule has 1 fully saturated rings. The van der Waals surface area contributed by atoms with E-state index in [1.807, 2.05) is 0 Å². The van der Waals surface area contributed by atoms with Gasteiger partial charge in [0.15, 0.2) is 0 Å². The van der Waals surface area contributed by atoms with E-state index in [-0.39, 0.29) is 4.91 Å². The van der Waals surface area contributed by atoms with Crippen LogP contribution in [-0.2, 0) is 11.0 Å². The third kappa shape index (κ3) is 2.81. The highest BCUT2D eigenvalue weighted by Gasteiger charge is 2.32. The number of nitrogens with zero attached hydrogens (tertiary/aromatic N) is 1. The average molecular weight is 287 g/mol. The van der Waals surface area contributed by atoms with Gasteiger partial charge < -0.3 is 0 Å². The Balaban J connectivity index is 2.25. The van der Waals surface area contributed by atoms with Crippen LogP contribution in [0.3, 0.4) is 0 Å². The fourth-order valence-corrected chi connectivity index (χ4v) is 2.29. The quantitative estimate of drug-likeness (QED) is 0.743. The van der Waals surface area contributed by atoms with Gasteiger partial charge in [-0.05, 0) is 35.5 Å². The molecule has 1 aliphatic rings. The zero-order valence-corrected chi connectivity index (χ0v) is 10.5. The van der Waals surface area contributed by atoms with E-state index in [0.717, 1.165) is 28.8 Å². The van der Waals surface area contributed by atoms with Crippen molar-refractivity contribution in [2.24, 2.45) is 0 Å². The lowest BCUT2D eigenvalue weighted by atomic mass is 10.1. The fourth-order valence-electron chi connectivity index (χ4n) is 1.47. The first-order valence-electron chi connectivity index (χ1n) is 5.18. The molecule has 0 spiro atoms. The summed E-state index contributed by atoms with van der Waals surface area (Å²) in [6.07, 6.45) is -2.99. The molecule has 7 heteroatoms. The van der Waals surface area contributed by atoms with Gasteiger partial charge >= 0.3 is 6.18 Å². The molecule has 1 saturated heterocycles. The van der Waals surface area contributed by atoms with Crippen LogP contribution < -0.4 is 0 Å². The Morgan fingerprint density at radius 3 is 2.16 bits per heavy atom. The number of likely N-dealkylation sites (N-methyl/N-ethyl adjacent to an activating group) is 1. The molecule has 100 valence electrons. The molecule has 1 aliphatic heterocycles. The lowest BCUT2D eigenvalue weighted by Crippen LogP contribution is -2.22. The van der Waals surface area contributed by atoms with Crippen LogP contribution in [0.1, 0.15) is 11.1 Å². The summed E-state index contributed by atoms with van der Waals surface area (Å²) in [5.41, 5.74) is -0.319. The summed E-state index contributed by atoms with van der Waals surface area (Å²) in [4.78, 5) is 24.0. The van der Waals surface area contributed by atoms with Crippen LogP contribution in [0.2, 0.25) is 0 Å². The molecule has 0 radical (unpaired) electrons. The number of amides is 2. The van der Waals surface area contributed by atoms with E-state index in [4.69, 9.17) is 0 Å². The Kier molecular flexibility index (Phi) is 3.40. The first-order valence-corrected chi connectivity index (χ1v) is 5.99. The second-order valence-electron chi connectivity index (χ2n) is 3.86. The molecule has 0 unspecified atom stereocenters. The number of hydrogen-bond acceptors (Lipinski definition) is 3. The van der Waals surface area contributed by atoms with Crippen molar-refractivity contribution in [1.29, 1.82) is 0 Å². The highest BCUT2D eigenvalue weighted by atomic mass is 32.2. The molecule has 3 nitrogen and oxygen atoms in total. The molecule has 0 N–H and O–H groups in total. The number of alkyl halides is 3. The van der Waals surface area contributed by atoms with Crippen LogP contribution in [0.4, 0.5) is 18.0 Å². The zero-order chi connectivity index (χ0) is 14.2. The summed E-state index contributed by atoms with van der Waals surface area (Å²) in [6, 6.07) is 4.38. The smallest absolute Gasteiger partial charge is 0.272 e. The van der Waals surface area contributed by atoms with Crippen LogP contribution in [0.25, 0.3) is 6.08 Å². The van der Waals surface area contributed by atoms with Crippen molar-refractivity contribution in [1.82, 2.24) is 4.90 Å². The van der Waals surface area contributed by atoms with Crippen LogP contribution in [-0.4, -0.2) is 23.1 Å². The number of halogens is 3. The molecule has 0 aromatic heterocycles. The number of thioether (sulfide) groups is 1. The first kappa shape index (κ1) is 13.7. The first-order chi connectivity index (χ1) is 8.79. The maximum Gasteiger partial charge on any atom is 0.416 e. The molecule has 1 aromatic rings. The third-order valence-electron chi connectivity index (χ3n) is 2.52. The highest BCUT2D eigenvalue weighted by Crippen LogP contribution is 2.32. The minimum Gasteiger partial charge on any atom is -0.272 e. The van der Waals surface area contributed by atoms with Gasteiger partial charge in [-0.15, -0.1) is 0 Å². The van der Waals surface area contributed by atoms with Gasteiger partial charge in [0.05, 0.1) is 10.5 Å². The van der Waals surface area contributed by atoms with Gasteiger partial charge in [0.2, 0.25) is 0 Å². The van der Waals surface area contributed by atoms with E-state index >= 15 is 0 Å². The minimum atomic E-state index is -4.39. The van der Waals surface area contributed by atoms with E-state index in [1.165, 1.54) is 25.3 Å². The van der Waals surface area contributed by atoms with Crippen LogP contribution in [0, 0.1) is 0 Å². The molecule has 2 rings (SSSR count). The van der Waals surface area contributed by atoms with E-state index in [0.29, 0.717) is 5.56 Å². The van der Waals surface area contributed by atoms with E-state index < -0.39 is 22.9 Å². The van der Waals surface area contributed by atoms with Gasteiger partial charge in [0, 0.05) is 7.05 Å². The fraction of sp³-hybridized carbons (Fsp3) is 0.167. The molecule has 1 aromatic carbocycles. The normalized spacial score (nSPS) is 18.5.